The monoisotopic (exact) mass is 426 g/mol. The van der Waals surface area contributed by atoms with Gasteiger partial charge in [-0.05, 0) is 55.6 Å². The topological polar surface area (TPSA) is 18.5 Å². The fraction of sp³-hybridized carbons (Fsp3) is 0.586. The average Bonchev–Trinajstić information content (AvgIpc) is 2.72. The van der Waals surface area contributed by atoms with Crippen LogP contribution in [0.4, 0.5) is 0 Å². The zero-order valence-electron chi connectivity index (χ0n) is 21.4. The third kappa shape index (κ3) is 8.79. The number of hydrogen-bond donors (Lipinski definition) is 0. The summed E-state index contributed by atoms with van der Waals surface area (Å²) in [4.78, 5) is 10.4. The summed E-state index contributed by atoms with van der Waals surface area (Å²) in [5, 5.41) is 0. The minimum Gasteiger partial charge on any atom is -0.236 e. The molecule has 0 aliphatic carbocycles. The second kappa shape index (κ2) is 13.0. The fourth-order valence-electron chi connectivity index (χ4n) is 4.41. The van der Waals surface area contributed by atoms with Crippen LogP contribution < -0.4 is 0 Å². The van der Waals surface area contributed by atoms with E-state index in [0.29, 0.717) is 29.8 Å². The number of rotatable bonds is 9. The van der Waals surface area contributed by atoms with Gasteiger partial charge in [0.05, 0.1) is 12.2 Å². The Kier molecular flexibility index (Phi) is 11.5. The lowest BCUT2D eigenvalue weighted by molar-refractivity contribution is -0.350. The van der Waals surface area contributed by atoms with E-state index >= 15 is 0 Å². The molecule has 0 spiro atoms. The van der Waals surface area contributed by atoms with Crippen molar-refractivity contribution in [3.05, 3.63) is 71.8 Å². The second-order valence-corrected chi connectivity index (χ2v) is 10.3. The normalized spacial score (nSPS) is 13.1. The first kappa shape index (κ1) is 27.4. The lowest BCUT2D eigenvalue weighted by Crippen LogP contribution is -2.37. The smallest absolute Gasteiger partial charge is 0.0952 e. The highest BCUT2D eigenvalue weighted by Gasteiger charge is 2.37. The second-order valence-electron chi connectivity index (χ2n) is 10.3. The maximum Gasteiger partial charge on any atom is 0.0952 e. The van der Waals surface area contributed by atoms with Crippen molar-refractivity contribution in [2.45, 2.75) is 92.1 Å². The fourth-order valence-corrected chi connectivity index (χ4v) is 4.41. The number of benzene rings is 2. The van der Waals surface area contributed by atoms with E-state index in [1.54, 1.807) is 0 Å². The van der Waals surface area contributed by atoms with Crippen LogP contribution >= 0.6 is 0 Å². The van der Waals surface area contributed by atoms with Gasteiger partial charge >= 0.3 is 0 Å². The molecule has 0 aliphatic heterocycles. The lowest BCUT2D eigenvalue weighted by atomic mass is 9.62. The molecule has 0 amide bonds. The van der Waals surface area contributed by atoms with Crippen LogP contribution in [-0.4, -0.2) is 12.2 Å². The van der Waals surface area contributed by atoms with E-state index in [1.165, 1.54) is 24.0 Å². The summed E-state index contributed by atoms with van der Waals surface area (Å²) in [6, 6.07) is 21.4. The van der Waals surface area contributed by atoms with Gasteiger partial charge < -0.3 is 0 Å². The molecule has 2 heteroatoms. The van der Waals surface area contributed by atoms with Gasteiger partial charge in [0.2, 0.25) is 0 Å². The molecule has 0 heterocycles. The molecule has 0 N–H and O–H groups in total. The largest absolute Gasteiger partial charge is 0.236 e. The molecular formula is C29H46O2. The van der Waals surface area contributed by atoms with E-state index < -0.39 is 0 Å². The van der Waals surface area contributed by atoms with Gasteiger partial charge in [-0.3, -0.25) is 0 Å². The van der Waals surface area contributed by atoms with Crippen LogP contribution in [0.1, 0.15) is 92.2 Å². The summed E-state index contributed by atoms with van der Waals surface area (Å²) in [5.74, 6) is 1.73. The van der Waals surface area contributed by atoms with Crippen molar-refractivity contribution in [3.8, 4) is 0 Å². The molecule has 1 unspecified atom stereocenters. The van der Waals surface area contributed by atoms with Crippen molar-refractivity contribution in [2.75, 3.05) is 6.61 Å². The quantitative estimate of drug-likeness (QED) is 0.295. The molecule has 31 heavy (non-hydrogen) atoms. The van der Waals surface area contributed by atoms with Gasteiger partial charge in [0, 0.05) is 5.92 Å². The Hall–Kier alpha value is -1.64. The first-order valence-corrected chi connectivity index (χ1v) is 12.0. The van der Waals surface area contributed by atoms with Crippen LogP contribution in [-0.2, 0) is 15.2 Å². The highest BCUT2D eigenvalue weighted by Crippen LogP contribution is 2.43. The van der Waals surface area contributed by atoms with E-state index in [2.05, 4.69) is 84.0 Å². The minimum atomic E-state index is -0.240. The van der Waals surface area contributed by atoms with Crippen LogP contribution in [0.15, 0.2) is 60.7 Å². The van der Waals surface area contributed by atoms with Gasteiger partial charge in [0.1, 0.15) is 0 Å². The molecule has 2 aromatic carbocycles. The van der Waals surface area contributed by atoms with E-state index in [9.17, 15) is 0 Å². The van der Waals surface area contributed by atoms with Gasteiger partial charge in [-0.1, -0.05) is 109 Å². The molecule has 2 aromatic rings. The van der Waals surface area contributed by atoms with Crippen LogP contribution in [0.3, 0.4) is 0 Å². The molecule has 0 fully saturated rings. The molecule has 0 aromatic heterocycles. The maximum absolute atomic E-state index is 5.22. The Labute approximate surface area is 192 Å². The Balaban J connectivity index is 0.000000311. The Bertz CT molecular complexity index is 691. The molecule has 2 nitrogen and oxygen atoms in total. The molecule has 0 bridgehead atoms. The standard InChI is InChI=1S/C16H26.C13H20O2/c1-6-12-16(13(2)3,14(4)5)15-10-8-7-9-11-15;1-11(10-14-15-13(2,3)4)12-8-6-5-7-9-12/h7-11,13-14H,6,12H2,1-5H3;5-9,11H,10H2,1-4H3. The third-order valence-electron chi connectivity index (χ3n) is 6.03. The van der Waals surface area contributed by atoms with Crippen LogP contribution in [0, 0.1) is 11.8 Å². The lowest BCUT2D eigenvalue weighted by Gasteiger charge is -2.42. The summed E-state index contributed by atoms with van der Waals surface area (Å²) in [7, 11) is 0. The van der Waals surface area contributed by atoms with Crippen molar-refractivity contribution in [3.63, 3.8) is 0 Å². The number of hydrogen-bond acceptors (Lipinski definition) is 2. The Morgan fingerprint density at radius 2 is 1.23 bits per heavy atom. The summed E-state index contributed by atoms with van der Waals surface area (Å²) in [5.41, 5.74) is 2.89. The van der Waals surface area contributed by atoms with Gasteiger partial charge in [-0.15, -0.1) is 0 Å². The Morgan fingerprint density at radius 3 is 1.65 bits per heavy atom. The van der Waals surface area contributed by atoms with Crippen molar-refractivity contribution in [1.29, 1.82) is 0 Å². The first-order valence-electron chi connectivity index (χ1n) is 12.0. The van der Waals surface area contributed by atoms with Crippen molar-refractivity contribution >= 4 is 0 Å². The predicted molar refractivity (Wildman–Crippen MR) is 134 cm³/mol. The Morgan fingerprint density at radius 1 is 0.742 bits per heavy atom. The summed E-state index contributed by atoms with van der Waals surface area (Å²) in [6.45, 7) is 20.4. The van der Waals surface area contributed by atoms with Gasteiger partial charge in [0.25, 0.3) is 0 Å². The molecule has 174 valence electrons. The van der Waals surface area contributed by atoms with Crippen LogP contribution in [0.2, 0.25) is 0 Å². The molecule has 0 saturated heterocycles. The van der Waals surface area contributed by atoms with Gasteiger partial charge in [0.15, 0.2) is 0 Å². The maximum atomic E-state index is 5.22. The van der Waals surface area contributed by atoms with Gasteiger partial charge in [-0.2, -0.15) is 0 Å². The van der Waals surface area contributed by atoms with E-state index in [1.807, 2.05) is 39.0 Å². The molecular weight excluding hydrogens is 380 g/mol. The van der Waals surface area contributed by atoms with E-state index in [-0.39, 0.29) is 5.60 Å². The SMILES string of the molecule is CC(COOC(C)(C)C)c1ccccc1.CCCC(c1ccccc1)(C(C)C)C(C)C. The predicted octanol–water partition coefficient (Wildman–Crippen LogP) is 8.57. The summed E-state index contributed by atoms with van der Waals surface area (Å²) >= 11 is 0. The van der Waals surface area contributed by atoms with Crippen LogP contribution in [0.25, 0.3) is 0 Å². The third-order valence-corrected chi connectivity index (χ3v) is 6.03. The highest BCUT2D eigenvalue weighted by molar-refractivity contribution is 5.27. The molecule has 2 rings (SSSR count). The van der Waals surface area contributed by atoms with Gasteiger partial charge in [-0.25, -0.2) is 9.78 Å². The van der Waals surface area contributed by atoms with E-state index in [4.69, 9.17) is 9.78 Å². The molecule has 1 atom stereocenters. The molecule has 0 saturated carbocycles. The van der Waals surface area contributed by atoms with E-state index in [0.717, 1.165) is 0 Å². The van der Waals surface area contributed by atoms with Crippen molar-refractivity contribution in [2.24, 2.45) is 11.8 Å². The summed E-state index contributed by atoms with van der Waals surface area (Å²) in [6.07, 6.45) is 2.54. The van der Waals surface area contributed by atoms with Crippen molar-refractivity contribution < 1.29 is 9.78 Å². The molecule has 0 radical (unpaired) electrons. The minimum absolute atomic E-state index is 0.240. The highest BCUT2D eigenvalue weighted by atomic mass is 17.2. The van der Waals surface area contributed by atoms with Crippen LogP contribution in [0.5, 0.6) is 0 Å². The zero-order valence-corrected chi connectivity index (χ0v) is 21.4. The molecule has 0 aliphatic rings. The zero-order chi connectivity index (χ0) is 23.5. The first-order chi connectivity index (χ1) is 14.5. The average molecular weight is 427 g/mol. The summed E-state index contributed by atoms with van der Waals surface area (Å²) < 4.78 is 0. The van der Waals surface area contributed by atoms with Crippen molar-refractivity contribution in [1.82, 2.24) is 0 Å².